The fourth-order valence-corrected chi connectivity index (χ4v) is 2.10. The van der Waals surface area contributed by atoms with Crippen molar-refractivity contribution in [3.05, 3.63) is 65.2 Å². The lowest BCUT2D eigenvalue weighted by Crippen LogP contribution is -2.29. The Bertz CT molecular complexity index is 582. The molecule has 4 heteroatoms. The van der Waals surface area contributed by atoms with Gasteiger partial charge in [-0.05, 0) is 25.1 Å². The quantitative estimate of drug-likeness (QED) is 0.927. The molecule has 2 aromatic rings. The van der Waals surface area contributed by atoms with Gasteiger partial charge in [0.2, 0.25) is 0 Å². The van der Waals surface area contributed by atoms with Crippen molar-refractivity contribution in [2.75, 3.05) is 18.5 Å². The molecule has 0 bridgehead atoms. The molecule has 2 rings (SSSR count). The highest BCUT2D eigenvalue weighted by Gasteiger charge is 2.16. The lowest BCUT2D eigenvalue weighted by molar-refractivity contribution is 0.488. The van der Waals surface area contributed by atoms with Crippen molar-refractivity contribution >= 4 is 5.69 Å². The molecule has 0 spiro atoms. The zero-order chi connectivity index (χ0) is 14.7. The minimum Gasteiger partial charge on any atom is -0.373 e. The molecule has 2 aromatic carbocycles. The first kappa shape index (κ1) is 14.5. The number of hydrogen-bond acceptors (Lipinski definition) is 2. The minimum atomic E-state index is -0.865. The highest BCUT2D eigenvalue weighted by atomic mass is 19.2. The zero-order valence-corrected chi connectivity index (χ0v) is 11.6. The van der Waals surface area contributed by atoms with Crippen LogP contribution in [0, 0.1) is 18.6 Å². The van der Waals surface area contributed by atoms with Gasteiger partial charge in [0.05, 0.1) is 6.04 Å². The first-order valence-electron chi connectivity index (χ1n) is 6.46. The summed E-state index contributed by atoms with van der Waals surface area (Å²) in [7, 11) is 1.88. The SMILES string of the molecule is Cc1ccc(N(C)CC(N)c2cccc(F)c2F)cc1. The van der Waals surface area contributed by atoms with Gasteiger partial charge in [0.15, 0.2) is 11.6 Å². The Balaban J connectivity index is 2.13. The molecule has 20 heavy (non-hydrogen) atoms. The summed E-state index contributed by atoms with van der Waals surface area (Å²) in [5.41, 5.74) is 8.34. The number of likely N-dealkylation sites (N-methyl/N-ethyl adjacent to an activating group) is 1. The molecule has 1 unspecified atom stereocenters. The summed E-state index contributed by atoms with van der Waals surface area (Å²) in [6.45, 7) is 2.42. The number of aryl methyl sites for hydroxylation is 1. The second kappa shape index (κ2) is 6.01. The van der Waals surface area contributed by atoms with E-state index in [2.05, 4.69) is 0 Å². The van der Waals surface area contributed by atoms with E-state index < -0.39 is 17.7 Å². The standard InChI is InChI=1S/C16H18F2N2/c1-11-6-8-12(9-7-11)20(2)10-15(19)13-4-3-5-14(17)16(13)18/h3-9,15H,10,19H2,1-2H3. The van der Waals surface area contributed by atoms with Gasteiger partial charge in [-0.15, -0.1) is 0 Å². The van der Waals surface area contributed by atoms with Crippen LogP contribution in [0.3, 0.4) is 0 Å². The topological polar surface area (TPSA) is 29.3 Å². The molecule has 2 nitrogen and oxygen atoms in total. The minimum absolute atomic E-state index is 0.198. The van der Waals surface area contributed by atoms with Crippen LogP contribution in [0.5, 0.6) is 0 Å². The van der Waals surface area contributed by atoms with Crippen molar-refractivity contribution in [1.82, 2.24) is 0 Å². The normalized spacial score (nSPS) is 12.2. The van der Waals surface area contributed by atoms with E-state index in [9.17, 15) is 8.78 Å². The molecule has 0 fully saturated rings. The summed E-state index contributed by atoms with van der Waals surface area (Å²) in [5, 5.41) is 0. The number of benzene rings is 2. The third-order valence-electron chi connectivity index (χ3n) is 3.33. The summed E-state index contributed by atoms with van der Waals surface area (Å²) in [4.78, 5) is 1.93. The third-order valence-corrected chi connectivity index (χ3v) is 3.33. The van der Waals surface area contributed by atoms with E-state index in [-0.39, 0.29) is 5.56 Å². The molecule has 0 heterocycles. The molecule has 2 N–H and O–H groups in total. The van der Waals surface area contributed by atoms with E-state index in [0.717, 1.165) is 11.8 Å². The van der Waals surface area contributed by atoms with Crippen molar-refractivity contribution in [3.63, 3.8) is 0 Å². The van der Waals surface area contributed by atoms with Crippen LogP contribution in [0.1, 0.15) is 17.2 Å². The maximum absolute atomic E-state index is 13.7. The summed E-state index contributed by atoms with van der Waals surface area (Å²) < 4.78 is 26.9. The van der Waals surface area contributed by atoms with Crippen LogP contribution in [-0.4, -0.2) is 13.6 Å². The first-order valence-corrected chi connectivity index (χ1v) is 6.46. The average molecular weight is 276 g/mol. The number of nitrogens with two attached hydrogens (primary N) is 1. The van der Waals surface area contributed by atoms with Crippen molar-refractivity contribution in [3.8, 4) is 0 Å². The summed E-state index contributed by atoms with van der Waals surface area (Å²) in [5.74, 6) is -1.73. The number of nitrogens with zero attached hydrogens (tertiary/aromatic N) is 1. The largest absolute Gasteiger partial charge is 0.373 e. The number of anilines is 1. The smallest absolute Gasteiger partial charge is 0.163 e. The number of hydrogen-bond donors (Lipinski definition) is 1. The van der Waals surface area contributed by atoms with Crippen molar-refractivity contribution in [1.29, 1.82) is 0 Å². The van der Waals surface area contributed by atoms with E-state index in [0.29, 0.717) is 6.54 Å². The van der Waals surface area contributed by atoms with E-state index in [1.54, 1.807) is 0 Å². The molecule has 0 aromatic heterocycles. The summed E-state index contributed by atoms with van der Waals surface area (Å²) >= 11 is 0. The van der Waals surface area contributed by atoms with Gasteiger partial charge in [0.25, 0.3) is 0 Å². The molecular weight excluding hydrogens is 258 g/mol. The van der Waals surface area contributed by atoms with Gasteiger partial charge in [-0.1, -0.05) is 29.8 Å². The predicted molar refractivity (Wildman–Crippen MR) is 77.7 cm³/mol. The monoisotopic (exact) mass is 276 g/mol. The fraction of sp³-hybridized carbons (Fsp3) is 0.250. The Morgan fingerprint density at radius 1 is 1.10 bits per heavy atom. The molecule has 106 valence electrons. The van der Waals surface area contributed by atoms with Gasteiger partial charge in [0, 0.05) is 24.8 Å². The van der Waals surface area contributed by atoms with E-state index in [1.807, 2.05) is 43.1 Å². The van der Waals surface area contributed by atoms with Crippen LogP contribution in [0.15, 0.2) is 42.5 Å². The Kier molecular flexibility index (Phi) is 4.35. The van der Waals surface area contributed by atoms with Crippen LogP contribution in [0.25, 0.3) is 0 Å². The number of rotatable bonds is 4. The average Bonchev–Trinajstić information content (AvgIpc) is 2.42. The van der Waals surface area contributed by atoms with Gasteiger partial charge in [-0.3, -0.25) is 0 Å². The highest BCUT2D eigenvalue weighted by molar-refractivity contribution is 5.47. The summed E-state index contributed by atoms with van der Waals surface area (Å²) in [6, 6.07) is 11.5. The molecular formula is C16H18F2N2. The second-order valence-electron chi connectivity index (χ2n) is 4.97. The maximum atomic E-state index is 13.7. The maximum Gasteiger partial charge on any atom is 0.163 e. The third kappa shape index (κ3) is 3.14. The highest BCUT2D eigenvalue weighted by Crippen LogP contribution is 2.21. The van der Waals surface area contributed by atoms with Crippen LogP contribution in [0.4, 0.5) is 14.5 Å². The molecule has 0 aliphatic carbocycles. The molecule has 0 aliphatic rings. The first-order chi connectivity index (χ1) is 9.49. The van der Waals surface area contributed by atoms with Crippen molar-refractivity contribution in [2.45, 2.75) is 13.0 Å². The van der Waals surface area contributed by atoms with Gasteiger partial charge in [0.1, 0.15) is 0 Å². The molecule has 0 amide bonds. The van der Waals surface area contributed by atoms with Crippen LogP contribution >= 0.6 is 0 Å². The van der Waals surface area contributed by atoms with E-state index in [4.69, 9.17) is 5.73 Å². The van der Waals surface area contributed by atoms with Gasteiger partial charge < -0.3 is 10.6 Å². The van der Waals surface area contributed by atoms with Crippen LogP contribution in [0.2, 0.25) is 0 Å². The van der Waals surface area contributed by atoms with Crippen molar-refractivity contribution in [2.24, 2.45) is 5.73 Å². The fourth-order valence-electron chi connectivity index (χ4n) is 2.10. The molecule has 0 saturated heterocycles. The molecule has 0 aliphatic heterocycles. The lowest BCUT2D eigenvalue weighted by Gasteiger charge is -2.24. The Labute approximate surface area is 117 Å². The molecule has 0 saturated carbocycles. The zero-order valence-electron chi connectivity index (χ0n) is 11.6. The molecule has 0 radical (unpaired) electrons. The van der Waals surface area contributed by atoms with Crippen LogP contribution in [-0.2, 0) is 0 Å². The Hall–Kier alpha value is -1.94. The second-order valence-corrected chi connectivity index (χ2v) is 4.97. The number of halogens is 2. The van der Waals surface area contributed by atoms with Gasteiger partial charge in [-0.2, -0.15) is 0 Å². The van der Waals surface area contributed by atoms with Crippen molar-refractivity contribution < 1.29 is 8.78 Å². The summed E-state index contributed by atoms with van der Waals surface area (Å²) in [6.07, 6.45) is 0. The predicted octanol–water partition coefficient (Wildman–Crippen LogP) is 3.41. The van der Waals surface area contributed by atoms with E-state index in [1.165, 1.54) is 17.7 Å². The Morgan fingerprint density at radius 3 is 2.40 bits per heavy atom. The van der Waals surface area contributed by atoms with Gasteiger partial charge >= 0.3 is 0 Å². The lowest BCUT2D eigenvalue weighted by atomic mass is 10.1. The molecule has 1 atom stereocenters. The van der Waals surface area contributed by atoms with Gasteiger partial charge in [-0.25, -0.2) is 8.78 Å². The Morgan fingerprint density at radius 2 is 1.75 bits per heavy atom. The van der Waals surface area contributed by atoms with E-state index >= 15 is 0 Å². The van der Waals surface area contributed by atoms with Crippen LogP contribution < -0.4 is 10.6 Å².